The molecule has 0 fully saturated rings. The average Bonchev–Trinajstić information content (AvgIpc) is 2.45. The minimum atomic E-state index is 0.0549. The third-order valence-corrected chi connectivity index (χ3v) is 3.98. The van der Waals surface area contributed by atoms with E-state index in [0.717, 1.165) is 10.3 Å². The van der Waals surface area contributed by atoms with Crippen LogP contribution in [0, 0.1) is 0 Å². The maximum Gasteiger partial charge on any atom is 0.246 e. The standard InChI is InChI=1S/C8H10O2S2/c1-3-5-7(6(9)4-2)11-12-8(5)10/h3-4H2,1-2H3. The third kappa shape index (κ3) is 1.64. The van der Waals surface area contributed by atoms with Crippen molar-refractivity contribution in [3.05, 3.63) is 20.0 Å². The Balaban J connectivity index is 3.16. The highest BCUT2D eigenvalue weighted by Gasteiger charge is 2.14. The molecular formula is C8H10O2S2. The van der Waals surface area contributed by atoms with Gasteiger partial charge in [0, 0.05) is 12.0 Å². The van der Waals surface area contributed by atoms with Crippen LogP contribution >= 0.6 is 20.7 Å². The summed E-state index contributed by atoms with van der Waals surface area (Å²) in [5.74, 6) is 0.0928. The minimum Gasteiger partial charge on any atom is -0.293 e. The van der Waals surface area contributed by atoms with E-state index < -0.39 is 0 Å². The van der Waals surface area contributed by atoms with Crippen LogP contribution in [0.5, 0.6) is 0 Å². The molecule has 0 bridgehead atoms. The van der Waals surface area contributed by atoms with E-state index in [0.29, 0.717) is 23.3 Å². The average molecular weight is 202 g/mol. The number of ketones is 1. The normalized spacial score (nSPS) is 10.2. The molecular weight excluding hydrogens is 192 g/mol. The lowest BCUT2D eigenvalue weighted by atomic mass is 10.1. The molecule has 0 spiro atoms. The lowest BCUT2D eigenvalue weighted by Gasteiger charge is -1.93. The molecule has 4 heteroatoms. The summed E-state index contributed by atoms with van der Waals surface area (Å²) in [6, 6.07) is 0. The molecule has 0 aliphatic rings. The van der Waals surface area contributed by atoms with Crippen LogP contribution in [0.1, 0.15) is 35.5 Å². The summed E-state index contributed by atoms with van der Waals surface area (Å²) >= 11 is 0. The maximum absolute atomic E-state index is 11.3. The highest BCUT2D eigenvalue weighted by molar-refractivity contribution is 7.69. The molecule has 0 amide bonds. The van der Waals surface area contributed by atoms with Gasteiger partial charge in [-0.25, -0.2) is 0 Å². The molecule has 0 unspecified atom stereocenters. The highest BCUT2D eigenvalue weighted by atomic mass is 32.9. The molecule has 2 nitrogen and oxygen atoms in total. The fraction of sp³-hybridized carbons (Fsp3) is 0.500. The molecule has 1 heterocycles. The Hall–Kier alpha value is -0.480. The molecule has 0 saturated carbocycles. The van der Waals surface area contributed by atoms with Crippen molar-refractivity contribution in [1.82, 2.24) is 0 Å². The Bertz CT molecular complexity index is 335. The van der Waals surface area contributed by atoms with Crippen LogP contribution in [0.2, 0.25) is 0 Å². The van der Waals surface area contributed by atoms with Crippen molar-refractivity contribution in [2.24, 2.45) is 0 Å². The molecule has 1 rings (SSSR count). The first-order chi connectivity index (χ1) is 5.70. The molecule has 0 aliphatic carbocycles. The van der Waals surface area contributed by atoms with Crippen LogP contribution < -0.4 is 4.74 Å². The van der Waals surface area contributed by atoms with E-state index in [1.54, 1.807) is 0 Å². The maximum atomic E-state index is 11.3. The smallest absolute Gasteiger partial charge is 0.246 e. The summed E-state index contributed by atoms with van der Waals surface area (Å²) in [5.41, 5.74) is 0.705. The van der Waals surface area contributed by atoms with Gasteiger partial charge in [-0.2, -0.15) is 0 Å². The van der Waals surface area contributed by atoms with Crippen molar-refractivity contribution < 1.29 is 4.79 Å². The Morgan fingerprint density at radius 3 is 2.50 bits per heavy atom. The van der Waals surface area contributed by atoms with Crippen LogP contribution in [0.15, 0.2) is 4.79 Å². The van der Waals surface area contributed by atoms with Gasteiger partial charge < -0.3 is 0 Å². The largest absolute Gasteiger partial charge is 0.293 e. The first-order valence-corrected chi connectivity index (χ1v) is 6.00. The van der Waals surface area contributed by atoms with Gasteiger partial charge in [-0.15, -0.1) is 0 Å². The van der Waals surface area contributed by atoms with Gasteiger partial charge in [0.05, 0.1) is 4.88 Å². The predicted octanol–water partition coefficient (Wildman–Crippen LogP) is 2.32. The van der Waals surface area contributed by atoms with Gasteiger partial charge in [0.25, 0.3) is 0 Å². The second-order valence-corrected chi connectivity index (χ2v) is 4.50. The Kier molecular flexibility index (Phi) is 3.17. The Labute approximate surface area is 78.3 Å². The monoisotopic (exact) mass is 202 g/mol. The lowest BCUT2D eigenvalue weighted by molar-refractivity contribution is 0.0991. The summed E-state index contributed by atoms with van der Waals surface area (Å²) in [5, 5.41) is 0. The van der Waals surface area contributed by atoms with Gasteiger partial charge in [-0.05, 0) is 16.8 Å². The molecule has 0 radical (unpaired) electrons. The van der Waals surface area contributed by atoms with E-state index in [1.165, 1.54) is 10.3 Å². The van der Waals surface area contributed by atoms with Gasteiger partial charge in [0.1, 0.15) is 0 Å². The van der Waals surface area contributed by atoms with E-state index in [1.807, 2.05) is 13.8 Å². The van der Waals surface area contributed by atoms with Crippen molar-refractivity contribution in [1.29, 1.82) is 0 Å². The number of rotatable bonds is 3. The molecule has 0 aromatic carbocycles. The second-order valence-electron chi connectivity index (χ2n) is 2.39. The van der Waals surface area contributed by atoms with E-state index in [4.69, 9.17) is 0 Å². The summed E-state index contributed by atoms with van der Waals surface area (Å²) in [4.78, 5) is 23.1. The molecule has 1 aromatic rings. The van der Waals surface area contributed by atoms with Crippen LogP contribution in [-0.2, 0) is 6.42 Å². The first kappa shape index (κ1) is 9.61. The van der Waals surface area contributed by atoms with Crippen molar-refractivity contribution in [3.63, 3.8) is 0 Å². The number of carbonyl (C=O) groups is 1. The van der Waals surface area contributed by atoms with E-state index >= 15 is 0 Å². The van der Waals surface area contributed by atoms with Gasteiger partial charge in [-0.1, -0.05) is 24.2 Å². The van der Waals surface area contributed by atoms with Crippen LogP contribution in [-0.4, -0.2) is 5.78 Å². The van der Waals surface area contributed by atoms with Gasteiger partial charge in [-0.3, -0.25) is 9.59 Å². The zero-order valence-electron chi connectivity index (χ0n) is 7.05. The number of hydrogen-bond acceptors (Lipinski definition) is 4. The number of carbonyl (C=O) groups excluding carboxylic acids is 1. The summed E-state index contributed by atoms with van der Waals surface area (Å²) < 4.78 is 0.0549. The predicted molar refractivity (Wildman–Crippen MR) is 52.5 cm³/mol. The van der Waals surface area contributed by atoms with Crippen molar-refractivity contribution >= 4 is 26.5 Å². The lowest BCUT2D eigenvalue weighted by Crippen LogP contribution is -2.04. The second kappa shape index (κ2) is 3.96. The topological polar surface area (TPSA) is 34.1 Å². The van der Waals surface area contributed by atoms with E-state index in [2.05, 4.69) is 0 Å². The molecule has 0 atom stereocenters. The third-order valence-electron chi connectivity index (χ3n) is 1.65. The highest BCUT2D eigenvalue weighted by Crippen LogP contribution is 2.18. The SMILES string of the molecule is CCC(=O)c1ssc(=O)c1CC. The molecule has 0 N–H and O–H groups in total. The molecule has 66 valence electrons. The summed E-state index contributed by atoms with van der Waals surface area (Å²) in [6.07, 6.45) is 1.15. The zero-order chi connectivity index (χ0) is 9.14. The molecule has 1 aromatic heterocycles. The first-order valence-electron chi connectivity index (χ1n) is 3.85. The summed E-state index contributed by atoms with van der Waals surface area (Å²) in [7, 11) is 2.48. The van der Waals surface area contributed by atoms with E-state index in [9.17, 15) is 9.59 Å². The number of hydrogen-bond donors (Lipinski definition) is 0. The molecule has 0 saturated heterocycles. The molecule has 12 heavy (non-hydrogen) atoms. The van der Waals surface area contributed by atoms with Crippen LogP contribution in [0.3, 0.4) is 0 Å². The Morgan fingerprint density at radius 1 is 1.33 bits per heavy atom. The summed E-state index contributed by atoms with van der Waals surface area (Å²) in [6.45, 7) is 3.72. The van der Waals surface area contributed by atoms with Gasteiger partial charge in [0.15, 0.2) is 5.78 Å². The quantitative estimate of drug-likeness (QED) is 0.557. The van der Waals surface area contributed by atoms with Crippen molar-refractivity contribution in [3.8, 4) is 0 Å². The minimum absolute atomic E-state index is 0.0549. The zero-order valence-corrected chi connectivity index (χ0v) is 8.68. The Morgan fingerprint density at radius 2 is 2.00 bits per heavy atom. The van der Waals surface area contributed by atoms with Crippen molar-refractivity contribution in [2.75, 3.05) is 0 Å². The number of Topliss-reactive ketones (excluding diaryl/α,β-unsaturated/α-hetero) is 1. The van der Waals surface area contributed by atoms with Gasteiger partial charge >= 0.3 is 0 Å². The van der Waals surface area contributed by atoms with Gasteiger partial charge in [0.2, 0.25) is 4.74 Å². The van der Waals surface area contributed by atoms with Crippen molar-refractivity contribution in [2.45, 2.75) is 26.7 Å². The van der Waals surface area contributed by atoms with Crippen LogP contribution in [0.25, 0.3) is 0 Å². The van der Waals surface area contributed by atoms with E-state index in [-0.39, 0.29) is 10.5 Å². The molecule has 0 aliphatic heterocycles. The fourth-order valence-electron chi connectivity index (χ4n) is 0.953. The fourth-order valence-corrected chi connectivity index (χ4v) is 3.46. The van der Waals surface area contributed by atoms with Crippen LogP contribution in [0.4, 0.5) is 0 Å².